The Hall–Kier alpha value is -3.43. The Morgan fingerprint density at radius 2 is 1.70 bits per heavy atom. The summed E-state index contributed by atoms with van der Waals surface area (Å²) >= 11 is 0. The number of nitrogens with zero attached hydrogens (tertiary/aromatic N) is 2. The maximum Gasteiger partial charge on any atom is 0.255 e. The van der Waals surface area contributed by atoms with Gasteiger partial charge in [-0.15, -0.1) is 0 Å². The van der Waals surface area contributed by atoms with E-state index in [1.165, 1.54) is 24.5 Å². The second-order valence-corrected chi connectivity index (χ2v) is 6.37. The van der Waals surface area contributed by atoms with Gasteiger partial charge in [0.25, 0.3) is 5.91 Å². The zero-order chi connectivity index (χ0) is 18.4. The molecule has 6 heteroatoms. The summed E-state index contributed by atoms with van der Waals surface area (Å²) in [6, 6.07) is 16.6. The van der Waals surface area contributed by atoms with Crippen molar-refractivity contribution in [1.29, 1.82) is 0 Å². The molecule has 0 aliphatic carbocycles. The number of phenolic OH excluding ortho intramolecular Hbond substituents is 1. The summed E-state index contributed by atoms with van der Waals surface area (Å²) in [4.78, 5) is 16.7. The van der Waals surface area contributed by atoms with Crippen molar-refractivity contribution >= 4 is 16.5 Å². The lowest BCUT2D eigenvalue weighted by atomic mass is 10.1. The van der Waals surface area contributed by atoms with E-state index < -0.39 is 16.5 Å². The standard InChI is InChI=1S/C20H13N2O3S.CH4/c23-18-6-4-5-15(12-18)9-10-16-11-17(14-21-13-16)20(24)22-26(25)19-7-2-1-3-8-19;/h1-8,11-14,23H;1H4/q-1;. The van der Waals surface area contributed by atoms with Crippen LogP contribution in [-0.4, -0.2) is 16.0 Å². The first-order chi connectivity index (χ1) is 12.6. The average Bonchev–Trinajstić information content (AvgIpc) is 2.67. The molecule has 3 rings (SSSR count). The van der Waals surface area contributed by atoms with Crippen LogP contribution >= 0.6 is 0 Å². The van der Waals surface area contributed by atoms with E-state index in [2.05, 4.69) is 21.2 Å². The van der Waals surface area contributed by atoms with E-state index >= 15 is 0 Å². The molecule has 0 radical (unpaired) electrons. The van der Waals surface area contributed by atoms with Crippen LogP contribution in [0.2, 0.25) is 0 Å². The lowest BCUT2D eigenvalue weighted by molar-refractivity contribution is 0.100. The highest BCUT2D eigenvalue weighted by molar-refractivity contribution is 7.75. The minimum atomic E-state index is -1.77. The first-order valence-electron chi connectivity index (χ1n) is 7.61. The number of hydrogen-bond donors (Lipinski definition) is 1. The van der Waals surface area contributed by atoms with Crippen molar-refractivity contribution in [3.05, 3.63) is 89.7 Å². The summed E-state index contributed by atoms with van der Waals surface area (Å²) in [6.07, 6.45) is 2.87. The Morgan fingerprint density at radius 3 is 2.44 bits per heavy atom. The molecule has 1 N–H and O–H groups in total. The molecular weight excluding hydrogens is 360 g/mol. The zero-order valence-corrected chi connectivity index (χ0v) is 14.3. The highest BCUT2D eigenvalue weighted by Gasteiger charge is 2.02. The Morgan fingerprint density at radius 1 is 0.963 bits per heavy atom. The third-order valence-corrected chi connectivity index (χ3v) is 4.30. The lowest BCUT2D eigenvalue weighted by Crippen LogP contribution is -1.97. The van der Waals surface area contributed by atoms with Gasteiger partial charge in [0.05, 0.1) is 5.56 Å². The van der Waals surface area contributed by atoms with Crippen molar-refractivity contribution < 1.29 is 14.1 Å². The number of phenols is 1. The predicted molar refractivity (Wildman–Crippen MR) is 105 cm³/mol. The maximum absolute atomic E-state index is 12.2. The summed E-state index contributed by atoms with van der Waals surface area (Å²) in [6.45, 7) is 0. The van der Waals surface area contributed by atoms with Gasteiger partial charge in [-0.3, -0.25) is 9.78 Å². The van der Waals surface area contributed by atoms with E-state index in [4.69, 9.17) is 0 Å². The van der Waals surface area contributed by atoms with Gasteiger partial charge in [0.2, 0.25) is 0 Å². The van der Waals surface area contributed by atoms with Crippen LogP contribution in [0.1, 0.15) is 28.9 Å². The summed E-state index contributed by atoms with van der Waals surface area (Å²) in [5.41, 5.74) is 1.36. The average molecular weight is 377 g/mol. The summed E-state index contributed by atoms with van der Waals surface area (Å²) < 4.78 is 15.8. The van der Waals surface area contributed by atoms with Crippen molar-refractivity contribution in [3.63, 3.8) is 0 Å². The predicted octanol–water partition coefficient (Wildman–Crippen LogP) is 4.17. The van der Waals surface area contributed by atoms with Crippen LogP contribution in [0.4, 0.5) is 0 Å². The lowest BCUT2D eigenvalue weighted by Gasteiger charge is -2.04. The molecule has 0 bridgehead atoms. The molecule has 0 aliphatic heterocycles. The Labute approximate surface area is 159 Å². The minimum absolute atomic E-state index is 0. The molecule has 0 fully saturated rings. The molecule has 1 heterocycles. The third kappa shape index (κ3) is 5.53. The molecule has 0 aliphatic rings. The molecule has 3 aromatic rings. The first kappa shape index (κ1) is 19.9. The first-order valence-corrected chi connectivity index (χ1v) is 8.71. The van der Waals surface area contributed by atoms with Gasteiger partial charge in [-0.05, 0) is 24.3 Å². The summed E-state index contributed by atoms with van der Waals surface area (Å²) in [5.74, 6) is 5.26. The van der Waals surface area contributed by atoms with Crippen molar-refractivity contribution in [1.82, 2.24) is 4.98 Å². The maximum atomic E-state index is 12.2. The SMILES string of the molecule is C.O=C(N=[S-](=O)c1ccccc1)c1cncc(C#Cc2cccc(O)c2)c1. The van der Waals surface area contributed by atoms with E-state index in [1.807, 2.05) is 0 Å². The monoisotopic (exact) mass is 377 g/mol. The van der Waals surface area contributed by atoms with Crippen LogP contribution in [-0.2, 0) is 14.8 Å². The fourth-order valence-electron chi connectivity index (χ4n) is 2.07. The molecule has 0 unspecified atom stereocenters. The molecule has 0 atom stereocenters. The van der Waals surface area contributed by atoms with Gasteiger partial charge in [0.1, 0.15) is 5.75 Å². The number of carbonyl (C=O) groups excluding carboxylic acids is 1. The van der Waals surface area contributed by atoms with Crippen molar-refractivity contribution in [3.8, 4) is 17.6 Å². The van der Waals surface area contributed by atoms with Gasteiger partial charge in [0.15, 0.2) is 0 Å². The Balaban J connectivity index is 0.00000261. The number of pyridine rings is 1. The molecule has 1 aromatic heterocycles. The number of rotatable bonds is 2. The molecular formula is C21H17N2O3S-. The molecule has 2 aromatic carbocycles. The van der Waals surface area contributed by atoms with Crippen LogP contribution in [0, 0.1) is 11.8 Å². The highest BCUT2D eigenvalue weighted by Crippen LogP contribution is 2.10. The van der Waals surface area contributed by atoms with Crippen molar-refractivity contribution in [2.24, 2.45) is 4.36 Å². The van der Waals surface area contributed by atoms with Crippen LogP contribution in [0.15, 0.2) is 82.3 Å². The number of amides is 1. The third-order valence-electron chi connectivity index (χ3n) is 3.29. The van der Waals surface area contributed by atoms with Gasteiger partial charge in [-0.2, -0.15) is 10.6 Å². The summed E-state index contributed by atoms with van der Waals surface area (Å²) in [7, 11) is -1.77. The molecule has 0 saturated heterocycles. The fourth-order valence-corrected chi connectivity index (χ4v) is 2.82. The number of benzene rings is 2. The smallest absolute Gasteiger partial charge is 0.255 e. The van der Waals surface area contributed by atoms with E-state index in [0.717, 1.165) is 0 Å². The van der Waals surface area contributed by atoms with Gasteiger partial charge in [-0.1, -0.05) is 60.6 Å². The Kier molecular flexibility index (Phi) is 6.86. The minimum Gasteiger partial charge on any atom is -0.508 e. The van der Waals surface area contributed by atoms with Crippen molar-refractivity contribution in [2.45, 2.75) is 12.3 Å². The molecule has 0 saturated carbocycles. The molecule has 1 amide bonds. The van der Waals surface area contributed by atoms with E-state index in [9.17, 15) is 14.1 Å². The largest absolute Gasteiger partial charge is 0.508 e. The molecule has 0 spiro atoms. The number of aromatic hydroxyl groups is 1. The fraction of sp³-hybridized carbons (Fsp3) is 0.0476. The molecule has 27 heavy (non-hydrogen) atoms. The highest BCUT2D eigenvalue weighted by atomic mass is 32.2. The second kappa shape index (κ2) is 9.32. The number of aromatic nitrogens is 1. The van der Waals surface area contributed by atoms with Crippen LogP contribution in [0.5, 0.6) is 5.75 Å². The molecule has 136 valence electrons. The normalized spacial score (nSPS) is 11.0. The topological polar surface area (TPSA) is 79.6 Å². The van der Waals surface area contributed by atoms with Crippen molar-refractivity contribution in [2.75, 3.05) is 0 Å². The summed E-state index contributed by atoms with van der Waals surface area (Å²) in [5, 5.41) is 9.44. The van der Waals surface area contributed by atoms with Gasteiger partial charge >= 0.3 is 0 Å². The van der Waals surface area contributed by atoms with Gasteiger partial charge in [-0.25, -0.2) is 0 Å². The van der Waals surface area contributed by atoms with Gasteiger partial charge < -0.3 is 13.7 Å². The molecule has 5 nitrogen and oxygen atoms in total. The van der Waals surface area contributed by atoms with Crippen LogP contribution in [0.3, 0.4) is 0 Å². The van der Waals surface area contributed by atoms with E-state index in [0.29, 0.717) is 16.0 Å². The zero-order valence-electron chi connectivity index (χ0n) is 13.5. The Bertz CT molecular complexity index is 1090. The van der Waals surface area contributed by atoms with E-state index in [1.54, 1.807) is 48.5 Å². The number of carbonyl (C=O) groups is 1. The van der Waals surface area contributed by atoms with Gasteiger partial charge in [0, 0.05) is 23.5 Å². The van der Waals surface area contributed by atoms with Crippen LogP contribution < -0.4 is 0 Å². The second-order valence-electron chi connectivity index (χ2n) is 5.22. The van der Waals surface area contributed by atoms with Crippen LogP contribution in [0.25, 0.3) is 0 Å². The number of hydrogen-bond acceptors (Lipinski definition) is 5. The van der Waals surface area contributed by atoms with E-state index in [-0.39, 0.29) is 18.7 Å². The quantitative estimate of drug-likeness (QED) is 0.537.